The van der Waals surface area contributed by atoms with Crippen LogP contribution >= 0.6 is 11.8 Å². The van der Waals surface area contributed by atoms with Gasteiger partial charge < -0.3 is 19.6 Å². The minimum Gasteiger partial charge on any atom is -0.465 e. The van der Waals surface area contributed by atoms with E-state index in [1.54, 1.807) is 33.7 Å². The molecule has 0 radical (unpaired) electrons. The zero-order valence-corrected chi connectivity index (χ0v) is 25.1. The van der Waals surface area contributed by atoms with E-state index in [9.17, 15) is 19.5 Å². The average molecular weight is 591 g/mol. The lowest BCUT2D eigenvalue weighted by Gasteiger charge is -2.37. The van der Waals surface area contributed by atoms with Crippen molar-refractivity contribution in [1.29, 1.82) is 0 Å². The summed E-state index contributed by atoms with van der Waals surface area (Å²) in [6, 6.07) is 13.4. The van der Waals surface area contributed by atoms with Crippen molar-refractivity contribution in [3.8, 4) is 0 Å². The van der Waals surface area contributed by atoms with Crippen molar-refractivity contribution in [3.05, 3.63) is 67.8 Å². The topological polar surface area (TPSA) is 87.2 Å². The van der Waals surface area contributed by atoms with E-state index < -0.39 is 22.6 Å². The van der Waals surface area contributed by atoms with Crippen molar-refractivity contribution in [2.75, 3.05) is 31.2 Å². The number of rotatable bonds is 15. The molecule has 42 heavy (non-hydrogen) atoms. The van der Waals surface area contributed by atoms with Crippen molar-refractivity contribution < 1.29 is 24.2 Å². The van der Waals surface area contributed by atoms with Gasteiger partial charge in [0.15, 0.2) is 0 Å². The number of benzene rings is 2. The number of hydrogen-bond acceptors (Lipinski definition) is 6. The molecule has 2 unspecified atom stereocenters. The maximum atomic E-state index is 14.7. The fourth-order valence-corrected chi connectivity index (χ4v) is 9.33. The first-order chi connectivity index (χ1) is 20.5. The SMILES string of the molecule is C=CCCCOC(=O)[C@@H]1[C@@H]2CCC3(S2)C(C(=O)N(CC=C)c2ccc4ccccc4c2)N(CCCCCCO)C(=O)[C@H]13. The normalized spacial score (nSPS) is 25.9. The second-order valence-electron chi connectivity index (χ2n) is 11.6. The van der Waals surface area contributed by atoms with Crippen LogP contribution in [0.4, 0.5) is 5.69 Å². The van der Waals surface area contributed by atoms with Crippen molar-refractivity contribution in [2.45, 2.75) is 67.4 Å². The Morgan fingerprint density at radius 3 is 2.62 bits per heavy atom. The third-order valence-corrected chi connectivity index (χ3v) is 11.0. The van der Waals surface area contributed by atoms with E-state index in [4.69, 9.17) is 4.74 Å². The van der Waals surface area contributed by atoms with E-state index in [1.165, 1.54) is 0 Å². The Labute approximate surface area is 253 Å². The van der Waals surface area contributed by atoms with Gasteiger partial charge in [0.1, 0.15) is 6.04 Å². The summed E-state index contributed by atoms with van der Waals surface area (Å²) in [4.78, 5) is 45.9. The minimum absolute atomic E-state index is 0.0265. The molecule has 3 fully saturated rings. The molecule has 0 aliphatic carbocycles. The molecule has 5 rings (SSSR count). The largest absolute Gasteiger partial charge is 0.465 e. The first-order valence-electron chi connectivity index (χ1n) is 15.2. The van der Waals surface area contributed by atoms with Crippen LogP contribution in [0, 0.1) is 11.8 Å². The molecule has 3 aliphatic heterocycles. The molecule has 5 atom stereocenters. The first-order valence-corrected chi connectivity index (χ1v) is 16.1. The van der Waals surface area contributed by atoms with Crippen LogP contribution in [0.2, 0.25) is 0 Å². The average Bonchev–Trinajstić information content (AvgIpc) is 3.65. The molecular weight excluding hydrogens is 548 g/mol. The number of nitrogens with zero attached hydrogens (tertiary/aromatic N) is 2. The maximum absolute atomic E-state index is 14.7. The van der Waals surface area contributed by atoms with E-state index in [-0.39, 0.29) is 29.6 Å². The standard InChI is InChI=1S/C34H42N2O5S/c1-3-5-12-22-41-33(40)28-27-17-18-34(42-27)29(28)31(38)36(20-10-6-7-11-21-37)30(34)32(39)35(19-4-2)26-16-15-24-13-8-9-14-25(24)23-26/h3-4,8-9,13-16,23,27-30,37H,1-2,5-7,10-12,17-22H2/t27-,28+,29-,30?,34?/m0/s1. The molecular formula is C34H42N2O5S. The highest BCUT2D eigenvalue weighted by molar-refractivity contribution is 8.02. The zero-order valence-electron chi connectivity index (χ0n) is 24.3. The fraction of sp³-hybridized carbons (Fsp3) is 0.500. The van der Waals surface area contributed by atoms with Crippen LogP contribution in [0.5, 0.6) is 0 Å². The van der Waals surface area contributed by atoms with E-state index in [1.807, 2.05) is 42.5 Å². The van der Waals surface area contributed by atoms with Gasteiger partial charge in [0.25, 0.3) is 5.91 Å². The Hall–Kier alpha value is -3.10. The molecule has 2 aromatic carbocycles. The number of amides is 2. The molecule has 2 amide bonds. The molecule has 2 bridgehead atoms. The summed E-state index contributed by atoms with van der Waals surface area (Å²) in [5.74, 6) is -1.64. The van der Waals surface area contributed by atoms with Gasteiger partial charge in [-0.25, -0.2) is 0 Å². The molecule has 8 heteroatoms. The van der Waals surface area contributed by atoms with Gasteiger partial charge in [-0.05, 0) is 61.4 Å². The molecule has 0 aromatic heterocycles. The minimum atomic E-state index is -0.673. The molecule has 7 nitrogen and oxygen atoms in total. The summed E-state index contributed by atoms with van der Waals surface area (Å²) in [7, 11) is 0. The van der Waals surface area contributed by atoms with Gasteiger partial charge in [-0.1, -0.05) is 55.3 Å². The smallest absolute Gasteiger partial charge is 0.310 e. The molecule has 3 aliphatic rings. The second kappa shape index (κ2) is 13.5. The zero-order chi connectivity index (χ0) is 29.7. The van der Waals surface area contributed by atoms with Crippen molar-refractivity contribution in [3.63, 3.8) is 0 Å². The van der Waals surface area contributed by atoms with Gasteiger partial charge in [0.05, 0.1) is 23.2 Å². The fourth-order valence-electron chi connectivity index (χ4n) is 7.13. The first kappa shape index (κ1) is 30.4. The predicted molar refractivity (Wildman–Crippen MR) is 168 cm³/mol. The van der Waals surface area contributed by atoms with E-state index in [2.05, 4.69) is 13.2 Å². The summed E-state index contributed by atoms with van der Waals surface area (Å²) < 4.78 is 5.02. The Balaban J connectivity index is 1.47. The number of likely N-dealkylation sites (tertiary alicyclic amines) is 1. The van der Waals surface area contributed by atoms with Crippen LogP contribution in [-0.4, -0.2) is 70.1 Å². The maximum Gasteiger partial charge on any atom is 0.310 e. The number of hydrogen-bond donors (Lipinski definition) is 1. The predicted octanol–water partition coefficient (Wildman–Crippen LogP) is 5.51. The van der Waals surface area contributed by atoms with Gasteiger partial charge in [0.2, 0.25) is 5.91 Å². The lowest BCUT2D eigenvalue weighted by Crippen LogP contribution is -2.55. The summed E-state index contributed by atoms with van der Waals surface area (Å²) in [5, 5.41) is 11.3. The number of aliphatic hydroxyl groups excluding tert-OH is 1. The Kier molecular flexibility index (Phi) is 9.74. The van der Waals surface area contributed by atoms with Gasteiger partial charge in [-0.2, -0.15) is 0 Å². The van der Waals surface area contributed by atoms with Crippen LogP contribution < -0.4 is 4.90 Å². The van der Waals surface area contributed by atoms with Crippen molar-refractivity contribution in [1.82, 2.24) is 4.90 Å². The van der Waals surface area contributed by atoms with E-state index >= 15 is 0 Å². The van der Waals surface area contributed by atoms with Crippen LogP contribution in [-0.2, 0) is 19.1 Å². The number of carbonyl (C=O) groups is 3. The number of aliphatic hydroxyl groups is 1. The van der Waals surface area contributed by atoms with Crippen LogP contribution in [0.1, 0.15) is 51.4 Å². The number of carbonyl (C=O) groups excluding carboxylic acids is 3. The summed E-state index contributed by atoms with van der Waals surface area (Å²) >= 11 is 1.67. The second-order valence-corrected chi connectivity index (χ2v) is 13.2. The number of anilines is 1. The monoisotopic (exact) mass is 590 g/mol. The highest BCUT2D eigenvalue weighted by Crippen LogP contribution is 2.66. The molecule has 1 spiro atoms. The van der Waals surface area contributed by atoms with Crippen LogP contribution in [0.25, 0.3) is 10.8 Å². The lowest BCUT2D eigenvalue weighted by atomic mass is 9.71. The third kappa shape index (κ3) is 5.63. The van der Waals surface area contributed by atoms with Gasteiger partial charge >= 0.3 is 5.97 Å². The lowest BCUT2D eigenvalue weighted by molar-refractivity contribution is -0.154. The Bertz CT molecular complexity index is 1330. The van der Waals surface area contributed by atoms with Gasteiger partial charge in [-0.3, -0.25) is 14.4 Å². The van der Waals surface area contributed by atoms with Gasteiger partial charge in [-0.15, -0.1) is 24.9 Å². The van der Waals surface area contributed by atoms with Crippen LogP contribution in [0.15, 0.2) is 67.8 Å². The number of esters is 1. The number of fused-ring (bicyclic) bond motifs is 2. The van der Waals surface area contributed by atoms with Crippen molar-refractivity contribution >= 4 is 46.0 Å². The van der Waals surface area contributed by atoms with Crippen LogP contribution in [0.3, 0.4) is 0 Å². The molecule has 3 heterocycles. The number of ether oxygens (including phenoxy) is 1. The van der Waals surface area contributed by atoms with Crippen molar-refractivity contribution in [2.24, 2.45) is 11.8 Å². The quantitative estimate of drug-likeness (QED) is 0.167. The molecule has 2 aromatic rings. The number of unbranched alkanes of at least 4 members (excludes halogenated alkanes) is 4. The van der Waals surface area contributed by atoms with Gasteiger partial charge in [0, 0.05) is 30.6 Å². The molecule has 3 saturated heterocycles. The Morgan fingerprint density at radius 2 is 1.86 bits per heavy atom. The van der Waals surface area contributed by atoms with E-state index in [0.29, 0.717) is 26.1 Å². The highest BCUT2D eigenvalue weighted by atomic mass is 32.2. The number of allylic oxidation sites excluding steroid dienone is 1. The number of thioether (sulfide) groups is 1. The molecule has 1 N–H and O–H groups in total. The molecule has 224 valence electrons. The summed E-state index contributed by atoms with van der Waals surface area (Å²) in [6.45, 7) is 8.87. The van der Waals surface area contributed by atoms with E-state index in [0.717, 1.165) is 61.4 Å². The Morgan fingerprint density at radius 1 is 1.07 bits per heavy atom. The highest BCUT2D eigenvalue weighted by Gasteiger charge is 2.74. The third-order valence-electron chi connectivity index (χ3n) is 9.03. The summed E-state index contributed by atoms with van der Waals surface area (Å²) in [5.41, 5.74) is 0.768. The summed E-state index contributed by atoms with van der Waals surface area (Å²) in [6.07, 6.45) is 9.66. The molecule has 0 saturated carbocycles.